The smallest absolute Gasteiger partial charge is 0.253 e. The molecule has 4 heteroatoms. The molecule has 1 saturated heterocycles. The fourth-order valence-corrected chi connectivity index (χ4v) is 1.86. The van der Waals surface area contributed by atoms with Crippen LogP contribution in [-0.4, -0.2) is 37.0 Å². The fraction of sp³-hybridized carbons (Fsp3) is 0.417. The van der Waals surface area contributed by atoms with Gasteiger partial charge >= 0.3 is 0 Å². The Balaban J connectivity index is 2.16. The number of hydrogen-bond acceptors (Lipinski definition) is 3. The molecule has 0 aromatic heterocycles. The maximum atomic E-state index is 12.1. The highest BCUT2D eigenvalue weighted by molar-refractivity contribution is 5.95. The molecule has 0 radical (unpaired) electrons. The molecule has 0 spiro atoms. The average Bonchev–Trinajstić information content (AvgIpc) is 2.33. The lowest BCUT2D eigenvalue weighted by Crippen LogP contribution is -2.46. The molecule has 0 saturated carbocycles. The van der Waals surface area contributed by atoms with Crippen LogP contribution in [0.25, 0.3) is 0 Å². The van der Waals surface area contributed by atoms with Gasteiger partial charge in [0.05, 0.1) is 0 Å². The van der Waals surface area contributed by atoms with E-state index in [0.29, 0.717) is 0 Å². The monoisotopic (exact) mass is 219 g/mol. The maximum absolute atomic E-state index is 12.1. The van der Waals surface area contributed by atoms with Crippen LogP contribution in [0.2, 0.25) is 0 Å². The molecule has 86 valence electrons. The van der Waals surface area contributed by atoms with E-state index in [0.717, 1.165) is 43.0 Å². The molecule has 2 rings (SSSR count). The van der Waals surface area contributed by atoms with E-state index in [9.17, 15) is 4.79 Å². The lowest BCUT2D eigenvalue weighted by Gasteiger charge is -2.27. The summed E-state index contributed by atoms with van der Waals surface area (Å²) in [4.78, 5) is 14.0. The van der Waals surface area contributed by atoms with E-state index in [4.69, 9.17) is 5.73 Å². The van der Waals surface area contributed by atoms with Crippen molar-refractivity contribution in [1.29, 1.82) is 0 Å². The summed E-state index contributed by atoms with van der Waals surface area (Å²) < 4.78 is 0. The van der Waals surface area contributed by atoms with Gasteiger partial charge in [-0.25, -0.2) is 0 Å². The van der Waals surface area contributed by atoms with Gasteiger partial charge in [0.25, 0.3) is 5.91 Å². The highest BCUT2D eigenvalue weighted by atomic mass is 16.2. The van der Waals surface area contributed by atoms with Crippen LogP contribution >= 0.6 is 0 Å². The Morgan fingerprint density at radius 2 is 2.06 bits per heavy atom. The second-order valence-corrected chi connectivity index (χ2v) is 4.11. The number of nitrogens with one attached hydrogen (secondary N) is 1. The Labute approximate surface area is 95.4 Å². The molecule has 16 heavy (non-hydrogen) atoms. The van der Waals surface area contributed by atoms with E-state index < -0.39 is 0 Å². The van der Waals surface area contributed by atoms with Gasteiger partial charge in [-0.3, -0.25) is 4.79 Å². The van der Waals surface area contributed by atoms with Crippen molar-refractivity contribution in [3.05, 3.63) is 29.3 Å². The van der Waals surface area contributed by atoms with E-state index in [1.807, 2.05) is 17.9 Å². The summed E-state index contributed by atoms with van der Waals surface area (Å²) in [5, 5.41) is 3.23. The van der Waals surface area contributed by atoms with E-state index >= 15 is 0 Å². The number of piperazine rings is 1. The standard InChI is InChI=1S/C12H17N3O/c1-9-8-10(2-3-11(9)13)12(16)15-6-4-14-5-7-15/h2-3,8,14H,4-7,13H2,1H3. The second-order valence-electron chi connectivity index (χ2n) is 4.11. The number of nitrogens with two attached hydrogens (primary N) is 1. The van der Waals surface area contributed by atoms with E-state index in [2.05, 4.69) is 5.32 Å². The summed E-state index contributed by atoms with van der Waals surface area (Å²) in [7, 11) is 0. The lowest BCUT2D eigenvalue weighted by atomic mass is 10.1. The van der Waals surface area contributed by atoms with Gasteiger partial charge in [-0.15, -0.1) is 0 Å². The van der Waals surface area contributed by atoms with E-state index in [1.165, 1.54) is 0 Å². The molecular formula is C12H17N3O. The minimum absolute atomic E-state index is 0.101. The molecule has 0 aliphatic carbocycles. The zero-order valence-corrected chi connectivity index (χ0v) is 9.49. The number of rotatable bonds is 1. The summed E-state index contributed by atoms with van der Waals surface area (Å²) in [5.41, 5.74) is 8.16. The van der Waals surface area contributed by atoms with Gasteiger partial charge in [0.15, 0.2) is 0 Å². The molecular weight excluding hydrogens is 202 g/mol. The van der Waals surface area contributed by atoms with Crippen molar-refractivity contribution in [2.75, 3.05) is 31.9 Å². The first kappa shape index (κ1) is 11.0. The number of carbonyl (C=O) groups excluding carboxylic acids is 1. The Kier molecular flexibility index (Phi) is 3.10. The molecule has 0 unspecified atom stereocenters. The SMILES string of the molecule is Cc1cc(C(=O)N2CCNCC2)ccc1N. The maximum Gasteiger partial charge on any atom is 0.253 e. The van der Waals surface area contributed by atoms with Crippen molar-refractivity contribution in [2.24, 2.45) is 0 Å². The highest BCUT2D eigenvalue weighted by Gasteiger charge is 2.17. The predicted octanol–water partition coefficient (Wildman–Crippen LogP) is 0.623. The van der Waals surface area contributed by atoms with Crippen molar-refractivity contribution in [2.45, 2.75) is 6.92 Å². The molecule has 3 N–H and O–H groups in total. The van der Waals surface area contributed by atoms with Gasteiger partial charge < -0.3 is 16.0 Å². The summed E-state index contributed by atoms with van der Waals surface area (Å²) >= 11 is 0. The number of nitrogens with zero attached hydrogens (tertiary/aromatic N) is 1. The van der Waals surface area contributed by atoms with Gasteiger partial charge in [-0.2, -0.15) is 0 Å². The topological polar surface area (TPSA) is 58.4 Å². The third-order valence-electron chi connectivity index (χ3n) is 2.92. The second kappa shape index (κ2) is 4.53. The van der Waals surface area contributed by atoms with Crippen molar-refractivity contribution in [3.8, 4) is 0 Å². The lowest BCUT2D eigenvalue weighted by molar-refractivity contribution is 0.0736. The Morgan fingerprint density at radius 1 is 1.38 bits per heavy atom. The van der Waals surface area contributed by atoms with Crippen molar-refractivity contribution in [3.63, 3.8) is 0 Å². The Morgan fingerprint density at radius 3 is 2.69 bits per heavy atom. The number of aryl methyl sites for hydroxylation is 1. The first-order valence-electron chi connectivity index (χ1n) is 5.54. The van der Waals surface area contributed by atoms with Crippen LogP contribution in [0.3, 0.4) is 0 Å². The summed E-state index contributed by atoms with van der Waals surface area (Å²) in [5.74, 6) is 0.101. The normalized spacial score (nSPS) is 16.2. The van der Waals surface area contributed by atoms with Crippen LogP contribution < -0.4 is 11.1 Å². The molecule has 1 amide bonds. The van der Waals surface area contributed by atoms with Gasteiger partial charge in [0.1, 0.15) is 0 Å². The summed E-state index contributed by atoms with van der Waals surface area (Å²) in [6.07, 6.45) is 0. The van der Waals surface area contributed by atoms with E-state index in [-0.39, 0.29) is 5.91 Å². The molecule has 4 nitrogen and oxygen atoms in total. The molecule has 1 aromatic carbocycles. The molecule has 1 aliphatic heterocycles. The average molecular weight is 219 g/mol. The number of hydrogen-bond donors (Lipinski definition) is 2. The Hall–Kier alpha value is -1.55. The minimum atomic E-state index is 0.101. The van der Waals surface area contributed by atoms with Crippen LogP contribution in [0.4, 0.5) is 5.69 Å². The minimum Gasteiger partial charge on any atom is -0.399 e. The van der Waals surface area contributed by atoms with Gasteiger partial charge in [-0.05, 0) is 30.7 Å². The number of nitrogen functional groups attached to an aromatic ring is 1. The summed E-state index contributed by atoms with van der Waals surface area (Å²) in [6.45, 7) is 5.23. The van der Waals surface area contributed by atoms with Crippen LogP contribution in [0, 0.1) is 6.92 Å². The molecule has 0 bridgehead atoms. The van der Waals surface area contributed by atoms with Gasteiger partial charge in [0, 0.05) is 37.4 Å². The predicted molar refractivity (Wildman–Crippen MR) is 64.4 cm³/mol. The zero-order valence-electron chi connectivity index (χ0n) is 9.49. The summed E-state index contributed by atoms with van der Waals surface area (Å²) in [6, 6.07) is 5.46. The molecule has 1 aromatic rings. The zero-order chi connectivity index (χ0) is 11.5. The number of amides is 1. The quantitative estimate of drug-likeness (QED) is 0.681. The van der Waals surface area contributed by atoms with Crippen LogP contribution in [-0.2, 0) is 0 Å². The van der Waals surface area contributed by atoms with Gasteiger partial charge in [0.2, 0.25) is 0 Å². The number of carbonyl (C=O) groups is 1. The van der Waals surface area contributed by atoms with E-state index in [1.54, 1.807) is 12.1 Å². The molecule has 0 atom stereocenters. The molecule has 1 fully saturated rings. The number of anilines is 1. The highest BCUT2D eigenvalue weighted by Crippen LogP contribution is 2.14. The largest absolute Gasteiger partial charge is 0.399 e. The third kappa shape index (κ3) is 2.17. The van der Waals surface area contributed by atoms with Crippen LogP contribution in [0.15, 0.2) is 18.2 Å². The third-order valence-corrected chi connectivity index (χ3v) is 2.92. The van der Waals surface area contributed by atoms with Gasteiger partial charge in [-0.1, -0.05) is 0 Å². The van der Waals surface area contributed by atoms with Crippen molar-refractivity contribution >= 4 is 11.6 Å². The molecule has 1 aliphatic rings. The van der Waals surface area contributed by atoms with Crippen LogP contribution in [0.1, 0.15) is 15.9 Å². The molecule has 1 heterocycles. The fourth-order valence-electron chi connectivity index (χ4n) is 1.86. The number of benzene rings is 1. The Bertz CT molecular complexity index is 397. The van der Waals surface area contributed by atoms with Crippen LogP contribution in [0.5, 0.6) is 0 Å². The van der Waals surface area contributed by atoms with Crippen molar-refractivity contribution in [1.82, 2.24) is 10.2 Å². The first-order valence-corrected chi connectivity index (χ1v) is 5.54. The first-order chi connectivity index (χ1) is 7.68. The van der Waals surface area contributed by atoms with Crippen molar-refractivity contribution < 1.29 is 4.79 Å².